The lowest BCUT2D eigenvalue weighted by Crippen LogP contribution is -2.48. The third-order valence-corrected chi connectivity index (χ3v) is 9.49. The van der Waals surface area contributed by atoms with Crippen LogP contribution in [-0.4, -0.2) is 56.3 Å². The highest BCUT2D eigenvalue weighted by atomic mass is 79.9. The number of benzene rings is 3. The Balaban J connectivity index is 1.36. The molecule has 37 heavy (non-hydrogen) atoms. The van der Waals surface area contributed by atoms with E-state index in [9.17, 15) is 17.6 Å². The number of hydrogen-bond acceptors (Lipinski definition) is 4. The van der Waals surface area contributed by atoms with Crippen molar-refractivity contribution in [3.63, 3.8) is 0 Å². The predicted molar refractivity (Wildman–Crippen MR) is 146 cm³/mol. The van der Waals surface area contributed by atoms with E-state index in [0.717, 1.165) is 47.1 Å². The number of amides is 1. The van der Waals surface area contributed by atoms with Crippen molar-refractivity contribution in [2.45, 2.75) is 24.3 Å². The molecule has 3 aromatic rings. The molecule has 10 heteroatoms. The van der Waals surface area contributed by atoms with Gasteiger partial charge in [0.1, 0.15) is 10.7 Å². The van der Waals surface area contributed by atoms with Crippen LogP contribution in [0.25, 0.3) is 0 Å². The molecule has 1 saturated heterocycles. The van der Waals surface area contributed by atoms with Crippen molar-refractivity contribution < 1.29 is 17.6 Å². The molecule has 0 radical (unpaired) electrons. The van der Waals surface area contributed by atoms with Crippen LogP contribution >= 0.6 is 27.5 Å². The molecular weight excluding hydrogens is 581 g/mol. The largest absolute Gasteiger partial charge is 0.307 e. The number of hydrogen-bond donors (Lipinski definition) is 0. The Morgan fingerprint density at radius 1 is 0.973 bits per heavy atom. The van der Waals surface area contributed by atoms with Crippen LogP contribution in [0.15, 0.2) is 70.0 Å². The number of anilines is 1. The number of sulfonamides is 1. The van der Waals surface area contributed by atoms with E-state index >= 15 is 0 Å². The summed E-state index contributed by atoms with van der Waals surface area (Å²) in [7, 11) is -4.12. The monoisotopic (exact) mass is 605 g/mol. The minimum Gasteiger partial charge on any atom is -0.307 e. The molecule has 194 valence electrons. The van der Waals surface area contributed by atoms with Crippen LogP contribution < -0.4 is 4.90 Å². The lowest BCUT2D eigenvalue weighted by molar-refractivity contribution is 0.0985. The fourth-order valence-corrected chi connectivity index (χ4v) is 7.44. The second-order valence-corrected chi connectivity index (χ2v) is 12.5. The molecule has 0 atom stereocenters. The highest BCUT2D eigenvalue weighted by Crippen LogP contribution is 2.38. The van der Waals surface area contributed by atoms with Crippen molar-refractivity contribution in [1.82, 2.24) is 9.21 Å². The SMILES string of the molecule is O=C(c1ccc(F)c(S(=O)(=O)N2CCN(Cc3ccccc3)CC2)c1)N1CCCc2cc(Br)cc(Cl)c21. The van der Waals surface area contributed by atoms with Crippen LogP contribution in [-0.2, 0) is 23.0 Å². The van der Waals surface area contributed by atoms with E-state index in [-0.39, 0.29) is 18.7 Å². The molecular formula is C27H26BrClFN3O3S. The summed E-state index contributed by atoms with van der Waals surface area (Å²) < 4.78 is 43.9. The zero-order chi connectivity index (χ0) is 26.2. The average molecular weight is 607 g/mol. The van der Waals surface area contributed by atoms with Crippen LogP contribution in [0, 0.1) is 5.82 Å². The lowest BCUT2D eigenvalue weighted by Gasteiger charge is -2.34. The van der Waals surface area contributed by atoms with Crippen molar-refractivity contribution in [1.29, 1.82) is 0 Å². The van der Waals surface area contributed by atoms with Crippen LogP contribution in [0.4, 0.5) is 10.1 Å². The molecule has 0 aromatic heterocycles. The van der Waals surface area contributed by atoms with E-state index in [0.29, 0.717) is 30.3 Å². The van der Waals surface area contributed by atoms with E-state index in [1.54, 1.807) is 11.0 Å². The van der Waals surface area contributed by atoms with Crippen molar-refractivity contribution in [2.24, 2.45) is 0 Å². The summed E-state index contributed by atoms with van der Waals surface area (Å²) >= 11 is 9.91. The lowest BCUT2D eigenvalue weighted by atomic mass is 10.0. The normalized spacial score (nSPS) is 17.0. The Kier molecular flexibility index (Phi) is 7.70. The van der Waals surface area contributed by atoms with Gasteiger partial charge in [0.05, 0.1) is 10.7 Å². The van der Waals surface area contributed by atoms with Gasteiger partial charge in [-0.25, -0.2) is 12.8 Å². The van der Waals surface area contributed by atoms with Crippen LogP contribution in [0.5, 0.6) is 0 Å². The first-order valence-corrected chi connectivity index (χ1v) is 14.7. The standard InChI is InChI=1S/C27H26BrClFN3O3S/c28-22-15-20-7-4-10-33(26(20)23(29)17-22)27(34)21-8-9-24(30)25(16-21)37(35,36)32-13-11-31(12-14-32)18-19-5-2-1-3-6-19/h1-3,5-6,8-9,15-17H,4,7,10-14,18H2. The molecule has 0 saturated carbocycles. The van der Waals surface area contributed by atoms with Gasteiger partial charge in [0.25, 0.3) is 5.91 Å². The Morgan fingerprint density at radius 2 is 1.70 bits per heavy atom. The number of carbonyl (C=O) groups is 1. The third-order valence-electron chi connectivity index (χ3n) is 6.83. The minimum absolute atomic E-state index is 0.106. The molecule has 2 aliphatic heterocycles. The van der Waals surface area contributed by atoms with Crippen molar-refractivity contribution in [3.05, 3.63) is 92.7 Å². The molecule has 0 bridgehead atoms. The summed E-state index contributed by atoms with van der Waals surface area (Å²) in [6, 6.07) is 17.2. The van der Waals surface area contributed by atoms with Gasteiger partial charge in [0.15, 0.2) is 0 Å². The number of halogens is 3. The predicted octanol–water partition coefficient (Wildman–Crippen LogP) is 5.34. The van der Waals surface area contributed by atoms with E-state index in [1.807, 2.05) is 36.4 Å². The van der Waals surface area contributed by atoms with Gasteiger partial charge in [-0.3, -0.25) is 9.69 Å². The zero-order valence-electron chi connectivity index (χ0n) is 20.0. The topological polar surface area (TPSA) is 60.9 Å². The average Bonchev–Trinajstić information content (AvgIpc) is 2.89. The summed E-state index contributed by atoms with van der Waals surface area (Å²) in [5, 5.41) is 0.431. The summed E-state index contributed by atoms with van der Waals surface area (Å²) in [6.07, 6.45) is 1.52. The Hall–Kier alpha value is -2.30. The molecule has 5 rings (SSSR count). The van der Waals surface area contributed by atoms with Gasteiger partial charge in [-0.15, -0.1) is 0 Å². The molecule has 2 heterocycles. The first-order chi connectivity index (χ1) is 17.7. The smallest absolute Gasteiger partial charge is 0.258 e. The number of piperazine rings is 1. The molecule has 1 amide bonds. The summed E-state index contributed by atoms with van der Waals surface area (Å²) in [4.78, 5) is 16.8. The molecule has 6 nitrogen and oxygen atoms in total. The van der Waals surface area contributed by atoms with Crippen LogP contribution in [0.3, 0.4) is 0 Å². The quantitative estimate of drug-likeness (QED) is 0.394. The van der Waals surface area contributed by atoms with Crippen LogP contribution in [0.2, 0.25) is 5.02 Å². The maximum atomic E-state index is 14.9. The van der Waals surface area contributed by atoms with Gasteiger partial charge in [-0.1, -0.05) is 57.9 Å². The molecule has 1 fully saturated rings. The Morgan fingerprint density at radius 3 is 2.43 bits per heavy atom. The third kappa shape index (κ3) is 5.47. The minimum atomic E-state index is -4.12. The Bertz CT molecular complexity index is 1430. The maximum Gasteiger partial charge on any atom is 0.258 e. The molecule has 0 aliphatic carbocycles. The second kappa shape index (κ2) is 10.8. The first kappa shape index (κ1) is 26.3. The highest BCUT2D eigenvalue weighted by Gasteiger charge is 2.33. The summed E-state index contributed by atoms with van der Waals surface area (Å²) in [6.45, 7) is 2.73. The fourth-order valence-electron chi connectivity index (χ4n) is 4.95. The molecule has 2 aliphatic rings. The molecule has 3 aromatic carbocycles. The molecule has 0 N–H and O–H groups in total. The number of fused-ring (bicyclic) bond motifs is 1. The first-order valence-electron chi connectivity index (χ1n) is 12.1. The van der Waals surface area contributed by atoms with Crippen molar-refractivity contribution in [2.75, 3.05) is 37.6 Å². The number of aryl methyl sites for hydroxylation is 1. The van der Waals surface area contributed by atoms with Gasteiger partial charge in [0, 0.05) is 49.3 Å². The zero-order valence-corrected chi connectivity index (χ0v) is 23.2. The maximum absolute atomic E-state index is 14.9. The second-order valence-electron chi connectivity index (χ2n) is 9.27. The van der Waals surface area contributed by atoms with Crippen molar-refractivity contribution in [3.8, 4) is 0 Å². The fraction of sp³-hybridized carbons (Fsp3) is 0.296. The molecule has 0 spiro atoms. The molecule has 0 unspecified atom stereocenters. The van der Waals surface area contributed by atoms with Crippen molar-refractivity contribution >= 4 is 49.1 Å². The number of carbonyl (C=O) groups excluding carboxylic acids is 1. The Labute approximate surface area is 229 Å². The van der Waals surface area contributed by atoms with Gasteiger partial charge < -0.3 is 4.90 Å². The van der Waals surface area contributed by atoms with E-state index in [1.165, 1.54) is 10.4 Å². The van der Waals surface area contributed by atoms with E-state index in [4.69, 9.17) is 11.6 Å². The number of rotatable bonds is 5. The highest BCUT2D eigenvalue weighted by molar-refractivity contribution is 9.10. The van der Waals surface area contributed by atoms with Gasteiger partial charge in [-0.05, 0) is 54.3 Å². The van der Waals surface area contributed by atoms with Crippen LogP contribution in [0.1, 0.15) is 27.9 Å². The van der Waals surface area contributed by atoms with Gasteiger partial charge >= 0.3 is 0 Å². The summed E-state index contributed by atoms with van der Waals surface area (Å²) in [5.41, 5.74) is 2.81. The van der Waals surface area contributed by atoms with Gasteiger partial charge in [0.2, 0.25) is 10.0 Å². The number of nitrogens with zero attached hydrogens (tertiary/aromatic N) is 3. The van der Waals surface area contributed by atoms with E-state index < -0.39 is 26.6 Å². The van der Waals surface area contributed by atoms with Gasteiger partial charge in [-0.2, -0.15) is 4.31 Å². The summed E-state index contributed by atoms with van der Waals surface area (Å²) in [5.74, 6) is -1.28. The van der Waals surface area contributed by atoms with E-state index in [2.05, 4.69) is 20.8 Å².